The van der Waals surface area contributed by atoms with Gasteiger partial charge in [0, 0.05) is 18.7 Å². The molecule has 1 aromatic carbocycles. The van der Waals surface area contributed by atoms with Gasteiger partial charge in [0.2, 0.25) is 5.91 Å². The predicted octanol–water partition coefficient (Wildman–Crippen LogP) is 2.18. The van der Waals surface area contributed by atoms with Gasteiger partial charge in [-0.25, -0.2) is 4.79 Å². The fourth-order valence-corrected chi connectivity index (χ4v) is 1.25. The number of amides is 2. The average Bonchev–Trinajstić information content (AvgIpc) is 2.29. The number of halogens is 3. The Bertz CT molecular complexity index is 474. The van der Waals surface area contributed by atoms with Gasteiger partial charge in [-0.1, -0.05) is 0 Å². The summed E-state index contributed by atoms with van der Waals surface area (Å²) in [6.07, 6.45) is -6.10. The molecule has 0 fully saturated rings. The van der Waals surface area contributed by atoms with E-state index in [-0.39, 0.29) is 18.7 Å². The van der Waals surface area contributed by atoms with E-state index in [0.717, 1.165) is 12.1 Å². The van der Waals surface area contributed by atoms with E-state index in [0.29, 0.717) is 0 Å². The minimum Gasteiger partial charge on any atom is -0.465 e. The van der Waals surface area contributed by atoms with Crippen LogP contribution < -0.4 is 15.4 Å². The van der Waals surface area contributed by atoms with E-state index in [1.54, 1.807) is 0 Å². The third-order valence-electron chi connectivity index (χ3n) is 2.00. The first-order valence-corrected chi connectivity index (χ1v) is 5.39. The molecule has 0 saturated carbocycles. The number of ether oxygens (including phenoxy) is 1. The number of carboxylic acid groups (broad SMARTS) is 1. The van der Waals surface area contributed by atoms with Gasteiger partial charge < -0.3 is 20.5 Å². The van der Waals surface area contributed by atoms with Crippen LogP contribution >= 0.6 is 0 Å². The minimum absolute atomic E-state index is 0.0591. The van der Waals surface area contributed by atoms with E-state index in [1.807, 2.05) is 5.32 Å². The molecule has 110 valence electrons. The molecule has 20 heavy (non-hydrogen) atoms. The number of anilines is 1. The van der Waals surface area contributed by atoms with E-state index < -0.39 is 24.1 Å². The molecule has 0 bridgehead atoms. The largest absolute Gasteiger partial charge is 0.573 e. The van der Waals surface area contributed by atoms with Crippen molar-refractivity contribution >= 4 is 17.7 Å². The van der Waals surface area contributed by atoms with Crippen LogP contribution in [0.3, 0.4) is 0 Å². The van der Waals surface area contributed by atoms with Gasteiger partial charge in [-0.05, 0) is 24.3 Å². The molecule has 2 amide bonds. The van der Waals surface area contributed by atoms with Crippen molar-refractivity contribution in [1.82, 2.24) is 5.32 Å². The van der Waals surface area contributed by atoms with Crippen LogP contribution in [0.15, 0.2) is 24.3 Å². The number of hydrogen-bond donors (Lipinski definition) is 3. The van der Waals surface area contributed by atoms with Crippen molar-refractivity contribution in [2.75, 3.05) is 11.9 Å². The third-order valence-corrected chi connectivity index (χ3v) is 2.00. The molecule has 0 aliphatic heterocycles. The van der Waals surface area contributed by atoms with Crippen molar-refractivity contribution in [2.24, 2.45) is 0 Å². The fraction of sp³-hybridized carbons (Fsp3) is 0.273. The second kappa shape index (κ2) is 6.64. The summed E-state index contributed by atoms with van der Waals surface area (Å²) < 4.78 is 39.4. The maximum Gasteiger partial charge on any atom is 0.573 e. The standard InChI is InChI=1S/C11H11F3N2O4/c12-11(13,14)20-8-3-1-7(2-4-8)16-9(17)5-6-15-10(18)19/h1-4,15H,5-6H2,(H,16,17)(H,18,19). The first-order valence-electron chi connectivity index (χ1n) is 5.39. The fourth-order valence-electron chi connectivity index (χ4n) is 1.25. The van der Waals surface area contributed by atoms with E-state index in [1.165, 1.54) is 12.1 Å². The van der Waals surface area contributed by atoms with Crippen molar-refractivity contribution < 1.29 is 32.6 Å². The third kappa shape index (κ3) is 6.47. The zero-order chi connectivity index (χ0) is 15.2. The van der Waals surface area contributed by atoms with Gasteiger partial charge in [0.05, 0.1) is 0 Å². The summed E-state index contributed by atoms with van der Waals surface area (Å²) in [6.45, 7) is -0.0591. The lowest BCUT2D eigenvalue weighted by molar-refractivity contribution is -0.274. The Kier molecular flexibility index (Phi) is 5.18. The van der Waals surface area contributed by atoms with E-state index >= 15 is 0 Å². The molecule has 0 aromatic heterocycles. The summed E-state index contributed by atoms with van der Waals surface area (Å²) in [5.41, 5.74) is 0.278. The SMILES string of the molecule is O=C(O)NCCC(=O)Nc1ccc(OC(F)(F)F)cc1. The van der Waals surface area contributed by atoms with Crippen LogP contribution in [0.25, 0.3) is 0 Å². The molecule has 0 saturated heterocycles. The molecule has 0 unspecified atom stereocenters. The smallest absolute Gasteiger partial charge is 0.465 e. The summed E-state index contributed by atoms with van der Waals surface area (Å²) >= 11 is 0. The highest BCUT2D eigenvalue weighted by Crippen LogP contribution is 2.23. The van der Waals surface area contributed by atoms with Gasteiger partial charge in [0.1, 0.15) is 5.75 Å². The molecule has 0 spiro atoms. The van der Waals surface area contributed by atoms with Crippen LogP contribution in [0.5, 0.6) is 5.75 Å². The van der Waals surface area contributed by atoms with Crippen LogP contribution in [0.4, 0.5) is 23.7 Å². The molecule has 0 heterocycles. The summed E-state index contributed by atoms with van der Waals surface area (Å²) in [5.74, 6) is -0.869. The molecule has 0 atom stereocenters. The van der Waals surface area contributed by atoms with E-state index in [9.17, 15) is 22.8 Å². The van der Waals surface area contributed by atoms with Crippen molar-refractivity contribution in [3.63, 3.8) is 0 Å². The molecule has 0 aliphatic rings. The van der Waals surface area contributed by atoms with Crippen LogP contribution in [0.2, 0.25) is 0 Å². The van der Waals surface area contributed by atoms with E-state index in [2.05, 4.69) is 10.1 Å². The Morgan fingerprint density at radius 2 is 1.80 bits per heavy atom. The van der Waals surface area contributed by atoms with Crippen molar-refractivity contribution in [1.29, 1.82) is 0 Å². The van der Waals surface area contributed by atoms with Crippen LogP contribution in [-0.2, 0) is 4.79 Å². The molecule has 9 heteroatoms. The summed E-state index contributed by atoms with van der Waals surface area (Å²) in [5, 5.41) is 12.7. The number of carbonyl (C=O) groups is 2. The Labute approximate surface area is 111 Å². The highest BCUT2D eigenvalue weighted by atomic mass is 19.4. The van der Waals surface area contributed by atoms with Gasteiger partial charge in [-0.3, -0.25) is 4.79 Å². The number of nitrogens with one attached hydrogen (secondary N) is 2. The second-order valence-corrected chi connectivity index (χ2v) is 3.60. The van der Waals surface area contributed by atoms with Crippen molar-refractivity contribution in [3.05, 3.63) is 24.3 Å². The molecule has 0 aliphatic carbocycles. The first kappa shape index (κ1) is 15.6. The van der Waals surface area contributed by atoms with Gasteiger partial charge >= 0.3 is 12.5 Å². The maximum atomic E-state index is 11.9. The topological polar surface area (TPSA) is 87.7 Å². The van der Waals surface area contributed by atoms with Crippen molar-refractivity contribution in [2.45, 2.75) is 12.8 Å². The monoisotopic (exact) mass is 292 g/mol. The van der Waals surface area contributed by atoms with Gasteiger partial charge in [-0.2, -0.15) is 0 Å². The Morgan fingerprint density at radius 3 is 2.30 bits per heavy atom. The first-order chi connectivity index (χ1) is 9.26. The molecule has 1 rings (SSSR count). The molecular weight excluding hydrogens is 281 g/mol. The zero-order valence-electron chi connectivity index (χ0n) is 10.0. The normalized spacial score (nSPS) is 10.8. The number of carbonyl (C=O) groups excluding carboxylic acids is 1. The molecule has 0 radical (unpaired) electrons. The highest BCUT2D eigenvalue weighted by Gasteiger charge is 2.30. The van der Waals surface area contributed by atoms with Gasteiger partial charge in [-0.15, -0.1) is 13.2 Å². The van der Waals surface area contributed by atoms with E-state index in [4.69, 9.17) is 5.11 Å². The molecule has 1 aromatic rings. The number of hydrogen-bond acceptors (Lipinski definition) is 3. The zero-order valence-corrected chi connectivity index (χ0v) is 10.0. The minimum atomic E-state index is -4.77. The molecule has 3 N–H and O–H groups in total. The number of benzene rings is 1. The van der Waals surface area contributed by atoms with Gasteiger partial charge in [0.15, 0.2) is 0 Å². The number of rotatable bonds is 5. The second-order valence-electron chi connectivity index (χ2n) is 3.60. The van der Waals surface area contributed by atoms with Crippen LogP contribution in [0.1, 0.15) is 6.42 Å². The quantitative estimate of drug-likeness (QED) is 0.776. The molecule has 6 nitrogen and oxygen atoms in total. The Balaban J connectivity index is 2.45. The lowest BCUT2D eigenvalue weighted by Gasteiger charge is -2.10. The maximum absolute atomic E-state index is 11.9. The average molecular weight is 292 g/mol. The van der Waals surface area contributed by atoms with Crippen LogP contribution in [-0.4, -0.2) is 30.0 Å². The lowest BCUT2D eigenvalue weighted by Crippen LogP contribution is -2.25. The Hall–Kier alpha value is -2.45. The Morgan fingerprint density at radius 1 is 1.20 bits per heavy atom. The lowest BCUT2D eigenvalue weighted by atomic mass is 10.3. The number of alkyl halides is 3. The highest BCUT2D eigenvalue weighted by molar-refractivity contribution is 5.91. The summed E-state index contributed by atoms with van der Waals surface area (Å²) in [4.78, 5) is 21.5. The van der Waals surface area contributed by atoms with Crippen molar-refractivity contribution in [3.8, 4) is 5.75 Å². The predicted molar refractivity (Wildman–Crippen MR) is 62.4 cm³/mol. The summed E-state index contributed by atoms with van der Waals surface area (Å²) in [7, 11) is 0. The summed E-state index contributed by atoms with van der Waals surface area (Å²) in [6, 6.07) is 4.59. The van der Waals surface area contributed by atoms with Crippen LogP contribution in [0, 0.1) is 0 Å². The molecular formula is C11H11F3N2O4. The van der Waals surface area contributed by atoms with Gasteiger partial charge in [0.25, 0.3) is 0 Å².